The number of nitrogens with zero attached hydrogens (tertiary/aromatic N) is 2. The van der Waals surface area contributed by atoms with E-state index in [2.05, 4.69) is 5.18 Å². The molecule has 1 rings (SSSR count). The summed E-state index contributed by atoms with van der Waals surface area (Å²) >= 11 is 0. The number of aromatic hydroxyl groups is 1. The molecule has 12 heavy (non-hydrogen) atoms. The monoisotopic (exact) mass is 186 g/mol. The van der Waals surface area contributed by atoms with Gasteiger partial charge in [-0.2, -0.15) is 0 Å². The third-order valence-electron chi connectivity index (χ3n) is 1.28. The van der Waals surface area contributed by atoms with Crippen LogP contribution < -0.4 is 0 Å². The molecule has 0 aromatic heterocycles. The van der Waals surface area contributed by atoms with Crippen LogP contribution in [0.2, 0.25) is 0 Å². The first-order valence-electron chi connectivity index (χ1n) is 2.99. The number of hydrogen-bond donors (Lipinski definition) is 3. The third-order valence-corrected chi connectivity index (χ3v) is 2.09. The Balaban J connectivity index is 3.23. The highest BCUT2D eigenvalue weighted by molar-refractivity contribution is 7.98. The maximum Gasteiger partial charge on any atom is 0.134 e. The van der Waals surface area contributed by atoms with E-state index in [1.54, 1.807) is 0 Å². The number of hydrogen-bond acceptors (Lipinski definition) is 5. The van der Waals surface area contributed by atoms with Crippen LogP contribution in [-0.2, 0) is 0 Å². The molecule has 0 aliphatic carbocycles. The van der Waals surface area contributed by atoms with Gasteiger partial charge in [-0.05, 0) is 17.3 Å². The number of benzene rings is 1. The van der Waals surface area contributed by atoms with E-state index in [-0.39, 0.29) is 16.3 Å². The lowest BCUT2D eigenvalue weighted by Gasteiger charge is -1.99. The summed E-state index contributed by atoms with van der Waals surface area (Å²) in [6.45, 7) is 0. The van der Waals surface area contributed by atoms with Gasteiger partial charge in [0.1, 0.15) is 11.4 Å². The lowest BCUT2D eigenvalue weighted by Crippen LogP contribution is -1.73. The zero-order valence-corrected chi connectivity index (χ0v) is 6.77. The number of phenols is 1. The third kappa shape index (κ3) is 1.62. The fourth-order valence-corrected chi connectivity index (χ4v) is 1.22. The van der Waals surface area contributed by atoms with Crippen LogP contribution in [0, 0.1) is 9.52 Å². The number of rotatable bonds is 1. The summed E-state index contributed by atoms with van der Waals surface area (Å²) in [6, 6.07) is 3.62. The Morgan fingerprint density at radius 2 is 2.17 bits per heavy atom. The van der Waals surface area contributed by atoms with Gasteiger partial charge < -0.3 is 9.66 Å². The molecule has 2 N–H and O–H groups in total. The molecule has 0 saturated heterocycles. The zero-order chi connectivity index (χ0) is 9.14. The van der Waals surface area contributed by atoms with Gasteiger partial charge in [-0.15, -0.1) is 4.91 Å². The van der Waals surface area contributed by atoms with E-state index in [0.717, 1.165) is 6.07 Å². The SMILES string of the molecule is N#[SH](O)c1ccc(N=O)cc1O. The maximum atomic E-state index is 9.96. The first-order valence-corrected chi connectivity index (χ1v) is 4.24. The van der Waals surface area contributed by atoms with Crippen molar-refractivity contribution in [2.24, 2.45) is 5.18 Å². The minimum atomic E-state index is -2.33. The minimum absolute atomic E-state index is 0.0115. The molecule has 0 fully saturated rings. The van der Waals surface area contributed by atoms with E-state index in [4.69, 9.17) is 14.3 Å². The summed E-state index contributed by atoms with van der Waals surface area (Å²) in [5.74, 6) is -0.330. The number of phenolic OH excluding ortho intramolecular Hbond substituents is 1. The molecular formula is C6H6N2O3S. The molecule has 0 radical (unpaired) electrons. The molecule has 0 amide bonds. The van der Waals surface area contributed by atoms with Gasteiger partial charge in [-0.1, -0.05) is 0 Å². The summed E-state index contributed by atoms with van der Waals surface area (Å²) in [5, 5.41) is 11.7. The van der Waals surface area contributed by atoms with Crippen molar-refractivity contribution in [1.82, 2.24) is 0 Å². The summed E-state index contributed by atoms with van der Waals surface area (Å²) in [7, 11) is -2.33. The molecule has 0 spiro atoms. The van der Waals surface area contributed by atoms with Crippen molar-refractivity contribution in [3.8, 4) is 5.75 Å². The minimum Gasteiger partial charge on any atom is -0.507 e. The Labute approximate surface area is 70.4 Å². The molecule has 0 saturated carbocycles. The van der Waals surface area contributed by atoms with Crippen LogP contribution in [0.5, 0.6) is 5.75 Å². The molecule has 1 aromatic rings. The highest BCUT2D eigenvalue weighted by Crippen LogP contribution is 2.32. The Morgan fingerprint density at radius 3 is 2.58 bits per heavy atom. The molecule has 64 valence electrons. The van der Waals surface area contributed by atoms with Gasteiger partial charge >= 0.3 is 0 Å². The summed E-state index contributed by atoms with van der Waals surface area (Å²) in [4.78, 5) is 9.97. The molecule has 0 heterocycles. The largest absolute Gasteiger partial charge is 0.507 e. The van der Waals surface area contributed by atoms with Crippen molar-refractivity contribution in [1.29, 1.82) is 4.61 Å². The molecule has 1 atom stereocenters. The van der Waals surface area contributed by atoms with Crippen molar-refractivity contribution in [2.75, 3.05) is 0 Å². The van der Waals surface area contributed by atoms with Crippen LogP contribution in [0.25, 0.3) is 0 Å². The van der Waals surface area contributed by atoms with Crippen LogP contribution in [-0.4, -0.2) is 9.66 Å². The van der Waals surface area contributed by atoms with Gasteiger partial charge in [-0.25, -0.2) is 4.61 Å². The van der Waals surface area contributed by atoms with Crippen molar-refractivity contribution < 1.29 is 9.66 Å². The van der Waals surface area contributed by atoms with Crippen molar-refractivity contribution in [3.05, 3.63) is 23.1 Å². The van der Waals surface area contributed by atoms with Gasteiger partial charge in [0.05, 0.1) is 15.7 Å². The first kappa shape index (κ1) is 8.73. The molecule has 0 bridgehead atoms. The van der Waals surface area contributed by atoms with E-state index < -0.39 is 10.8 Å². The average Bonchev–Trinajstić information content (AvgIpc) is 2.03. The smallest absolute Gasteiger partial charge is 0.134 e. The molecule has 0 aliphatic rings. The van der Waals surface area contributed by atoms with Gasteiger partial charge in [-0.3, -0.25) is 0 Å². The molecule has 6 heteroatoms. The molecule has 5 nitrogen and oxygen atoms in total. The molecule has 1 unspecified atom stereocenters. The first-order chi connectivity index (χ1) is 5.65. The average molecular weight is 186 g/mol. The van der Waals surface area contributed by atoms with E-state index in [0.29, 0.717) is 0 Å². The van der Waals surface area contributed by atoms with Crippen molar-refractivity contribution in [3.63, 3.8) is 0 Å². The highest BCUT2D eigenvalue weighted by Gasteiger charge is 2.03. The zero-order valence-electron chi connectivity index (χ0n) is 5.88. The summed E-state index contributed by atoms with van der Waals surface area (Å²) < 4.78 is 17.4. The highest BCUT2D eigenvalue weighted by atomic mass is 32.2. The van der Waals surface area contributed by atoms with E-state index >= 15 is 0 Å². The molecule has 1 aromatic carbocycles. The number of thiol groups is 1. The predicted octanol–water partition coefficient (Wildman–Crippen LogP) is 2.10. The molecular weight excluding hydrogens is 180 g/mol. The Kier molecular flexibility index (Phi) is 2.44. The van der Waals surface area contributed by atoms with Crippen molar-refractivity contribution >= 4 is 16.5 Å². The second-order valence-corrected chi connectivity index (χ2v) is 3.11. The topological polar surface area (TPSA) is 93.7 Å². The predicted molar refractivity (Wildman–Crippen MR) is 45.2 cm³/mol. The van der Waals surface area contributed by atoms with Gasteiger partial charge in [0.25, 0.3) is 0 Å². The lowest BCUT2D eigenvalue weighted by atomic mass is 10.3. The second kappa shape index (κ2) is 3.36. The van der Waals surface area contributed by atoms with Gasteiger partial charge in [0.2, 0.25) is 0 Å². The number of nitroso groups, excluding NO2 is 1. The normalized spacial score (nSPS) is 12.3. The van der Waals surface area contributed by atoms with Crippen LogP contribution >= 0.6 is 10.8 Å². The van der Waals surface area contributed by atoms with E-state index in [1.807, 2.05) is 0 Å². The quantitative estimate of drug-likeness (QED) is 0.462. The fraction of sp³-hybridized carbons (Fsp3) is 0. The van der Waals surface area contributed by atoms with Crippen LogP contribution in [0.15, 0.2) is 28.3 Å². The Morgan fingerprint density at radius 1 is 1.50 bits per heavy atom. The lowest BCUT2D eigenvalue weighted by molar-refractivity contribution is 0.460. The summed E-state index contributed by atoms with van der Waals surface area (Å²) in [5.41, 5.74) is 0.0492. The Hall–Kier alpha value is -1.36. The summed E-state index contributed by atoms with van der Waals surface area (Å²) in [6.07, 6.45) is 0. The van der Waals surface area contributed by atoms with Crippen LogP contribution in [0.1, 0.15) is 0 Å². The van der Waals surface area contributed by atoms with Crippen LogP contribution in [0.3, 0.4) is 0 Å². The van der Waals surface area contributed by atoms with Gasteiger partial charge in [0, 0.05) is 6.07 Å². The molecule has 0 aliphatic heterocycles. The second-order valence-electron chi connectivity index (χ2n) is 2.05. The standard InChI is InChI=1S/C6H6N2O3S/c7-12(11)6-2-1-4(8-10)3-5(6)9/h1-3,9,11-12H. The van der Waals surface area contributed by atoms with Crippen molar-refractivity contribution in [2.45, 2.75) is 4.90 Å². The van der Waals surface area contributed by atoms with E-state index in [9.17, 15) is 4.91 Å². The fourth-order valence-electron chi connectivity index (χ4n) is 0.738. The van der Waals surface area contributed by atoms with E-state index in [1.165, 1.54) is 12.1 Å². The van der Waals surface area contributed by atoms with Gasteiger partial charge in [0.15, 0.2) is 0 Å². The van der Waals surface area contributed by atoms with Crippen LogP contribution in [0.4, 0.5) is 5.69 Å². The Bertz CT molecular complexity index is 382. The maximum absolute atomic E-state index is 9.96.